The molecule has 1 N–H and O–H groups in total. The van der Waals surface area contributed by atoms with E-state index in [2.05, 4.69) is 15.4 Å². The molecule has 1 atom stereocenters. The van der Waals surface area contributed by atoms with Crippen LogP contribution in [0.1, 0.15) is 18.7 Å². The zero-order chi connectivity index (χ0) is 17.4. The number of hydrogen-bond acceptors (Lipinski definition) is 5. The lowest BCUT2D eigenvalue weighted by Gasteiger charge is -2.14. The van der Waals surface area contributed by atoms with E-state index in [-0.39, 0.29) is 11.5 Å². The third kappa shape index (κ3) is 2.57. The van der Waals surface area contributed by atoms with Crippen molar-refractivity contribution in [2.45, 2.75) is 19.5 Å². The molecule has 0 spiro atoms. The third-order valence-electron chi connectivity index (χ3n) is 4.10. The van der Waals surface area contributed by atoms with E-state index in [4.69, 9.17) is 4.42 Å². The van der Waals surface area contributed by atoms with Crippen molar-refractivity contribution in [3.8, 4) is 0 Å². The van der Waals surface area contributed by atoms with Crippen molar-refractivity contribution >= 4 is 22.5 Å². The molecule has 0 aliphatic heterocycles. The highest BCUT2D eigenvalue weighted by molar-refractivity contribution is 5.82. The summed E-state index contributed by atoms with van der Waals surface area (Å²) in [6, 6.07) is 8.13. The first kappa shape index (κ1) is 15.1. The summed E-state index contributed by atoms with van der Waals surface area (Å²) < 4.78 is 8.13. The molecular formula is C17H15N5O3. The number of rotatable bonds is 4. The average molecular weight is 337 g/mol. The number of amides is 1. The van der Waals surface area contributed by atoms with Crippen LogP contribution in [0.25, 0.3) is 16.6 Å². The quantitative estimate of drug-likeness (QED) is 0.609. The number of fused-ring (bicyclic) bond motifs is 3. The van der Waals surface area contributed by atoms with Gasteiger partial charge in [0.05, 0.1) is 24.0 Å². The Balaban J connectivity index is 1.60. The van der Waals surface area contributed by atoms with E-state index in [0.717, 1.165) is 11.2 Å². The molecule has 25 heavy (non-hydrogen) atoms. The largest absolute Gasteiger partial charge is 0.463 e. The van der Waals surface area contributed by atoms with Crippen LogP contribution in [0.4, 0.5) is 0 Å². The smallest absolute Gasteiger partial charge is 0.291 e. The van der Waals surface area contributed by atoms with Crippen molar-refractivity contribution in [3.63, 3.8) is 0 Å². The van der Waals surface area contributed by atoms with Crippen LogP contribution in [-0.4, -0.2) is 25.1 Å². The van der Waals surface area contributed by atoms with Crippen LogP contribution < -0.4 is 10.9 Å². The van der Waals surface area contributed by atoms with Crippen molar-refractivity contribution in [1.29, 1.82) is 0 Å². The first-order chi connectivity index (χ1) is 12.1. The van der Waals surface area contributed by atoms with Gasteiger partial charge in [0.25, 0.3) is 5.56 Å². The Morgan fingerprint density at radius 2 is 2.20 bits per heavy atom. The second-order valence-corrected chi connectivity index (χ2v) is 5.67. The van der Waals surface area contributed by atoms with Crippen LogP contribution in [0.5, 0.6) is 0 Å². The summed E-state index contributed by atoms with van der Waals surface area (Å²) in [6.45, 7) is 1.92. The first-order valence-electron chi connectivity index (χ1n) is 7.79. The molecular weight excluding hydrogens is 322 g/mol. The van der Waals surface area contributed by atoms with Gasteiger partial charge in [0.1, 0.15) is 17.9 Å². The number of nitrogens with one attached hydrogen (secondary N) is 1. The lowest BCUT2D eigenvalue weighted by atomic mass is 10.3. The standard InChI is InChI=1S/C17H15N5O3/c1-11(16(23)19-9-12-4-2-3-6-18-12)22-17(24)14-8-15-13(5-7-25-15)21(14)10-20-22/h2-8,10-11H,9H2,1H3,(H,19,23). The minimum atomic E-state index is -0.748. The summed E-state index contributed by atoms with van der Waals surface area (Å²) in [6.07, 6.45) is 4.72. The van der Waals surface area contributed by atoms with Gasteiger partial charge in [0, 0.05) is 18.3 Å². The summed E-state index contributed by atoms with van der Waals surface area (Å²) in [7, 11) is 0. The number of pyridine rings is 1. The van der Waals surface area contributed by atoms with E-state index in [1.807, 2.05) is 12.1 Å². The molecule has 0 aliphatic carbocycles. The van der Waals surface area contributed by atoms with Gasteiger partial charge in [0.15, 0.2) is 5.58 Å². The number of carbonyl (C=O) groups excluding carboxylic acids is 1. The molecule has 126 valence electrons. The number of nitrogens with zero attached hydrogens (tertiary/aromatic N) is 4. The summed E-state index contributed by atoms with van der Waals surface area (Å²) in [4.78, 5) is 29.2. The minimum absolute atomic E-state index is 0.291. The summed E-state index contributed by atoms with van der Waals surface area (Å²) in [5.41, 5.74) is 2.16. The summed E-state index contributed by atoms with van der Waals surface area (Å²) in [5, 5.41) is 6.90. The van der Waals surface area contributed by atoms with E-state index in [9.17, 15) is 9.59 Å². The monoisotopic (exact) mass is 337 g/mol. The fourth-order valence-electron chi connectivity index (χ4n) is 2.73. The third-order valence-corrected chi connectivity index (χ3v) is 4.10. The average Bonchev–Trinajstić information content (AvgIpc) is 3.22. The molecule has 4 rings (SSSR count). The maximum absolute atomic E-state index is 12.7. The maximum Gasteiger partial charge on any atom is 0.291 e. The van der Waals surface area contributed by atoms with Crippen LogP contribution in [0.3, 0.4) is 0 Å². The van der Waals surface area contributed by atoms with Crippen LogP contribution in [0.2, 0.25) is 0 Å². The second-order valence-electron chi connectivity index (χ2n) is 5.67. The molecule has 0 aliphatic rings. The molecule has 1 unspecified atom stereocenters. The van der Waals surface area contributed by atoms with Gasteiger partial charge in [0.2, 0.25) is 5.91 Å². The fourth-order valence-corrected chi connectivity index (χ4v) is 2.73. The van der Waals surface area contributed by atoms with Crippen molar-refractivity contribution in [1.82, 2.24) is 24.5 Å². The lowest BCUT2D eigenvalue weighted by Crippen LogP contribution is -2.37. The summed E-state index contributed by atoms with van der Waals surface area (Å²) in [5.74, 6) is -0.306. The highest BCUT2D eigenvalue weighted by Gasteiger charge is 2.19. The van der Waals surface area contributed by atoms with E-state index in [0.29, 0.717) is 17.6 Å². The maximum atomic E-state index is 12.7. The minimum Gasteiger partial charge on any atom is -0.463 e. The molecule has 4 heterocycles. The fraction of sp³-hybridized carbons (Fsp3) is 0.176. The van der Waals surface area contributed by atoms with E-state index in [1.165, 1.54) is 11.0 Å². The van der Waals surface area contributed by atoms with E-state index >= 15 is 0 Å². The number of hydrogen-bond donors (Lipinski definition) is 1. The van der Waals surface area contributed by atoms with Crippen molar-refractivity contribution in [2.75, 3.05) is 0 Å². The van der Waals surface area contributed by atoms with Crippen LogP contribution >= 0.6 is 0 Å². The van der Waals surface area contributed by atoms with Crippen LogP contribution in [0.15, 0.2) is 58.3 Å². The molecule has 0 saturated heterocycles. The van der Waals surface area contributed by atoms with Crippen molar-refractivity contribution in [2.24, 2.45) is 0 Å². The Morgan fingerprint density at radius 3 is 3.00 bits per heavy atom. The molecule has 0 aromatic carbocycles. The molecule has 0 bridgehead atoms. The molecule has 8 heteroatoms. The van der Waals surface area contributed by atoms with Gasteiger partial charge in [-0.15, -0.1) is 0 Å². The SMILES string of the molecule is CC(C(=O)NCc1ccccn1)n1ncn2c(cc3occc32)c1=O. The Hall–Kier alpha value is -3.42. The molecule has 4 aromatic heterocycles. The molecule has 4 aromatic rings. The highest BCUT2D eigenvalue weighted by Crippen LogP contribution is 2.18. The van der Waals surface area contributed by atoms with Gasteiger partial charge in [-0.3, -0.25) is 19.0 Å². The van der Waals surface area contributed by atoms with Gasteiger partial charge < -0.3 is 9.73 Å². The number of carbonyl (C=O) groups is 1. The zero-order valence-corrected chi connectivity index (χ0v) is 13.4. The van der Waals surface area contributed by atoms with Crippen LogP contribution in [-0.2, 0) is 11.3 Å². The van der Waals surface area contributed by atoms with Gasteiger partial charge in [-0.05, 0) is 19.1 Å². The highest BCUT2D eigenvalue weighted by atomic mass is 16.3. The lowest BCUT2D eigenvalue weighted by molar-refractivity contribution is -0.124. The first-order valence-corrected chi connectivity index (χ1v) is 7.79. The normalized spacial score (nSPS) is 12.5. The summed E-state index contributed by atoms with van der Waals surface area (Å²) >= 11 is 0. The number of aromatic nitrogens is 4. The topological polar surface area (TPSA) is 94.4 Å². The van der Waals surface area contributed by atoms with Crippen LogP contribution in [0, 0.1) is 0 Å². The molecule has 8 nitrogen and oxygen atoms in total. The van der Waals surface area contributed by atoms with E-state index in [1.54, 1.807) is 42.0 Å². The van der Waals surface area contributed by atoms with Crippen molar-refractivity contribution < 1.29 is 9.21 Å². The molecule has 1 amide bonds. The Morgan fingerprint density at radius 1 is 1.32 bits per heavy atom. The van der Waals surface area contributed by atoms with Crippen molar-refractivity contribution in [3.05, 3.63) is 65.2 Å². The second kappa shape index (κ2) is 5.90. The number of furan rings is 1. The van der Waals surface area contributed by atoms with Gasteiger partial charge in [-0.2, -0.15) is 5.10 Å². The molecule has 0 radical (unpaired) electrons. The Kier molecular flexibility index (Phi) is 3.57. The zero-order valence-electron chi connectivity index (χ0n) is 13.4. The van der Waals surface area contributed by atoms with E-state index < -0.39 is 6.04 Å². The van der Waals surface area contributed by atoms with Gasteiger partial charge in [-0.1, -0.05) is 6.07 Å². The van der Waals surface area contributed by atoms with Gasteiger partial charge >= 0.3 is 0 Å². The Labute approximate surface area is 141 Å². The molecule has 0 saturated carbocycles. The Bertz CT molecular complexity index is 1110. The van der Waals surface area contributed by atoms with Gasteiger partial charge in [-0.25, -0.2) is 4.68 Å². The predicted octanol–water partition coefficient (Wildman–Crippen LogP) is 1.51. The molecule has 0 fully saturated rings. The predicted molar refractivity (Wildman–Crippen MR) is 90.0 cm³/mol.